The van der Waals surface area contributed by atoms with E-state index in [1.165, 1.54) is 0 Å². The number of aromatic hydroxyl groups is 1. The Kier molecular flexibility index (Phi) is 4.13. The van der Waals surface area contributed by atoms with Crippen molar-refractivity contribution in [2.24, 2.45) is 0 Å². The SMILES string of the molecule is Cc1ccc([C@@H]2CN(C(=O)N[C@@H]3CCc4c(O)cccc43)CCO2)o1. The van der Waals surface area contributed by atoms with Crippen molar-refractivity contribution in [2.45, 2.75) is 31.9 Å². The highest BCUT2D eigenvalue weighted by atomic mass is 16.5. The van der Waals surface area contributed by atoms with Crippen molar-refractivity contribution in [1.82, 2.24) is 10.2 Å². The Labute approximate surface area is 146 Å². The number of benzene rings is 1. The number of amides is 2. The molecule has 2 amide bonds. The lowest BCUT2D eigenvalue weighted by molar-refractivity contribution is -0.0266. The molecule has 6 heteroatoms. The van der Waals surface area contributed by atoms with Gasteiger partial charge in [-0.25, -0.2) is 4.79 Å². The Balaban J connectivity index is 1.43. The maximum absolute atomic E-state index is 12.7. The van der Waals surface area contributed by atoms with Gasteiger partial charge in [0.2, 0.25) is 0 Å². The maximum atomic E-state index is 12.7. The lowest BCUT2D eigenvalue weighted by atomic mass is 10.1. The lowest BCUT2D eigenvalue weighted by Gasteiger charge is -2.33. The topological polar surface area (TPSA) is 74.9 Å². The lowest BCUT2D eigenvalue weighted by Crippen LogP contribution is -2.47. The molecule has 25 heavy (non-hydrogen) atoms. The number of ether oxygens (including phenoxy) is 1. The van der Waals surface area contributed by atoms with Gasteiger partial charge in [-0.05, 0) is 49.1 Å². The van der Waals surface area contributed by atoms with Gasteiger partial charge in [-0.1, -0.05) is 12.1 Å². The second-order valence-corrected chi connectivity index (χ2v) is 6.64. The quantitative estimate of drug-likeness (QED) is 0.879. The van der Waals surface area contributed by atoms with Crippen LogP contribution in [0.3, 0.4) is 0 Å². The van der Waals surface area contributed by atoms with Gasteiger partial charge in [-0.3, -0.25) is 0 Å². The molecule has 1 aliphatic heterocycles. The van der Waals surface area contributed by atoms with Gasteiger partial charge in [-0.2, -0.15) is 0 Å². The summed E-state index contributed by atoms with van der Waals surface area (Å²) < 4.78 is 11.4. The first-order chi connectivity index (χ1) is 12.1. The van der Waals surface area contributed by atoms with Gasteiger partial charge < -0.3 is 24.5 Å². The van der Waals surface area contributed by atoms with Crippen LogP contribution in [0.5, 0.6) is 5.75 Å². The first kappa shape index (κ1) is 16.0. The van der Waals surface area contributed by atoms with E-state index in [-0.39, 0.29) is 18.2 Å². The zero-order valence-corrected chi connectivity index (χ0v) is 14.2. The van der Waals surface area contributed by atoms with Gasteiger partial charge in [-0.15, -0.1) is 0 Å². The van der Waals surface area contributed by atoms with Gasteiger partial charge in [0.05, 0.1) is 19.2 Å². The summed E-state index contributed by atoms with van der Waals surface area (Å²) in [7, 11) is 0. The molecule has 0 unspecified atom stereocenters. The van der Waals surface area contributed by atoms with Crippen LogP contribution in [0, 0.1) is 6.92 Å². The Morgan fingerprint density at radius 3 is 3.00 bits per heavy atom. The number of nitrogens with zero attached hydrogens (tertiary/aromatic N) is 1. The maximum Gasteiger partial charge on any atom is 0.318 e. The number of phenolic OH excluding ortho intramolecular Hbond substituents is 1. The number of furan rings is 1. The fourth-order valence-electron chi connectivity index (χ4n) is 3.66. The molecule has 2 N–H and O–H groups in total. The predicted molar refractivity (Wildman–Crippen MR) is 91.4 cm³/mol. The average molecular weight is 342 g/mol. The number of hydrogen-bond acceptors (Lipinski definition) is 4. The minimum atomic E-state index is -0.229. The molecule has 0 radical (unpaired) electrons. The summed E-state index contributed by atoms with van der Waals surface area (Å²) in [6.45, 7) is 3.41. The standard InChI is InChI=1S/C19H22N2O4/c1-12-5-8-17(25-12)18-11-21(9-10-24-18)19(23)20-15-7-6-14-13(15)3-2-4-16(14)22/h2-5,8,15,18,22H,6-7,9-11H2,1H3,(H,20,23)/t15-,18+/m1/s1. The highest BCUT2D eigenvalue weighted by molar-refractivity contribution is 5.75. The van der Waals surface area contributed by atoms with E-state index < -0.39 is 0 Å². The Hall–Kier alpha value is -2.47. The Morgan fingerprint density at radius 1 is 1.32 bits per heavy atom. The summed E-state index contributed by atoms with van der Waals surface area (Å²) in [5.41, 5.74) is 1.96. The molecular weight excluding hydrogens is 320 g/mol. The van der Waals surface area contributed by atoms with Crippen molar-refractivity contribution in [1.29, 1.82) is 0 Å². The van der Waals surface area contributed by atoms with E-state index in [2.05, 4.69) is 5.32 Å². The molecule has 0 bridgehead atoms. The van der Waals surface area contributed by atoms with E-state index in [0.29, 0.717) is 25.4 Å². The summed E-state index contributed by atoms with van der Waals surface area (Å²) >= 11 is 0. The molecule has 1 aliphatic carbocycles. The third kappa shape index (κ3) is 3.09. The molecule has 1 fully saturated rings. The highest BCUT2D eigenvalue weighted by Crippen LogP contribution is 2.36. The van der Waals surface area contributed by atoms with E-state index in [9.17, 15) is 9.90 Å². The Bertz CT molecular complexity index is 785. The minimum absolute atomic E-state index is 0.0539. The predicted octanol–water partition coefficient (Wildman–Crippen LogP) is 3.06. The van der Waals surface area contributed by atoms with Gasteiger partial charge in [0.15, 0.2) is 0 Å². The van der Waals surface area contributed by atoms with Crippen molar-refractivity contribution >= 4 is 6.03 Å². The molecule has 132 valence electrons. The molecule has 2 aliphatic rings. The van der Waals surface area contributed by atoms with Crippen LogP contribution in [0.2, 0.25) is 0 Å². The van der Waals surface area contributed by atoms with E-state index in [1.54, 1.807) is 11.0 Å². The molecule has 0 saturated carbocycles. The van der Waals surface area contributed by atoms with Crippen LogP contribution >= 0.6 is 0 Å². The minimum Gasteiger partial charge on any atom is -0.508 e. The third-order valence-corrected chi connectivity index (χ3v) is 4.98. The van der Waals surface area contributed by atoms with E-state index >= 15 is 0 Å². The molecule has 1 aromatic heterocycles. The van der Waals surface area contributed by atoms with Gasteiger partial charge in [0.25, 0.3) is 0 Å². The van der Waals surface area contributed by atoms with Crippen LogP contribution in [0.15, 0.2) is 34.7 Å². The van der Waals surface area contributed by atoms with Gasteiger partial charge in [0, 0.05) is 6.54 Å². The summed E-state index contributed by atoms with van der Waals surface area (Å²) in [6.07, 6.45) is 1.36. The molecule has 6 nitrogen and oxygen atoms in total. The third-order valence-electron chi connectivity index (χ3n) is 4.98. The van der Waals surface area contributed by atoms with Gasteiger partial charge in [0.1, 0.15) is 23.4 Å². The second kappa shape index (κ2) is 6.44. The first-order valence-electron chi connectivity index (χ1n) is 8.66. The normalized spacial score (nSPS) is 22.7. The molecule has 2 heterocycles. The molecule has 0 spiro atoms. The molecule has 1 aromatic carbocycles. The van der Waals surface area contributed by atoms with Crippen LogP contribution in [0.1, 0.15) is 41.2 Å². The van der Waals surface area contributed by atoms with Crippen molar-refractivity contribution in [3.8, 4) is 5.75 Å². The number of aryl methyl sites for hydroxylation is 1. The van der Waals surface area contributed by atoms with Crippen LogP contribution < -0.4 is 5.32 Å². The van der Waals surface area contributed by atoms with E-state index in [0.717, 1.165) is 35.5 Å². The van der Waals surface area contributed by atoms with Crippen molar-refractivity contribution in [3.05, 3.63) is 53.0 Å². The van der Waals surface area contributed by atoms with Crippen LogP contribution in [0.4, 0.5) is 4.79 Å². The summed E-state index contributed by atoms with van der Waals surface area (Å²) in [4.78, 5) is 14.5. The number of carbonyl (C=O) groups excluding carboxylic acids is 1. The van der Waals surface area contributed by atoms with Gasteiger partial charge >= 0.3 is 6.03 Å². The molecule has 2 atom stereocenters. The summed E-state index contributed by atoms with van der Waals surface area (Å²) in [5, 5.41) is 13.0. The van der Waals surface area contributed by atoms with Crippen LogP contribution in [-0.4, -0.2) is 35.7 Å². The van der Waals surface area contributed by atoms with Crippen molar-refractivity contribution in [3.63, 3.8) is 0 Å². The number of carbonyl (C=O) groups is 1. The zero-order chi connectivity index (χ0) is 17.4. The largest absolute Gasteiger partial charge is 0.508 e. The zero-order valence-electron chi connectivity index (χ0n) is 14.2. The smallest absolute Gasteiger partial charge is 0.318 e. The van der Waals surface area contributed by atoms with E-state index in [1.807, 2.05) is 31.2 Å². The number of urea groups is 1. The average Bonchev–Trinajstić information content (AvgIpc) is 3.23. The number of hydrogen-bond donors (Lipinski definition) is 2. The number of phenols is 1. The van der Waals surface area contributed by atoms with E-state index in [4.69, 9.17) is 9.15 Å². The summed E-state index contributed by atoms with van der Waals surface area (Å²) in [6, 6.07) is 9.14. The van der Waals surface area contributed by atoms with Crippen LogP contribution in [-0.2, 0) is 11.2 Å². The fraction of sp³-hybridized carbons (Fsp3) is 0.421. The molecule has 1 saturated heterocycles. The Morgan fingerprint density at radius 2 is 2.20 bits per heavy atom. The van der Waals surface area contributed by atoms with Crippen LogP contribution in [0.25, 0.3) is 0 Å². The van der Waals surface area contributed by atoms with Crippen molar-refractivity contribution in [2.75, 3.05) is 19.7 Å². The monoisotopic (exact) mass is 342 g/mol. The number of morpholine rings is 1. The summed E-state index contributed by atoms with van der Waals surface area (Å²) in [5.74, 6) is 1.91. The first-order valence-corrected chi connectivity index (χ1v) is 8.66. The number of nitrogens with one attached hydrogen (secondary N) is 1. The molecule has 2 aromatic rings. The number of rotatable bonds is 2. The second-order valence-electron chi connectivity index (χ2n) is 6.64. The van der Waals surface area contributed by atoms with Crippen molar-refractivity contribution < 1.29 is 19.1 Å². The molecular formula is C19H22N2O4. The highest BCUT2D eigenvalue weighted by Gasteiger charge is 2.31. The fourth-order valence-corrected chi connectivity index (χ4v) is 3.66. The number of fused-ring (bicyclic) bond motifs is 1. The molecule has 4 rings (SSSR count).